The summed E-state index contributed by atoms with van der Waals surface area (Å²) in [5.41, 5.74) is 2.10. The molecule has 2 rings (SSSR count). The number of anilines is 1. The van der Waals surface area contributed by atoms with Crippen LogP contribution in [-0.2, 0) is 10.2 Å². The predicted molar refractivity (Wildman–Crippen MR) is 111 cm³/mol. The van der Waals surface area contributed by atoms with Crippen molar-refractivity contribution in [3.63, 3.8) is 0 Å². The van der Waals surface area contributed by atoms with Gasteiger partial charge in [-0.25, -0.2) is 0 Å². The molecule has 2 aromatic carbocycles. The summed E-state index contributed by atoms with van der Waals surface area (Å²) in [5, 5.41) is 2.84. The first-order valence-corrected chi connectivity index (χ1v) is 9.64. The summed E-state index contributed by atoms with van der Waals surface area (Å²) in [6.07, 6.45) is 2.13. The molecule has 1 atom stereocenters. The van der Waals surface area contributed by atoms with Crippen molar-refractivity contribution in [3.8, 4) is 11.5 Å². The van der Waals surface area contributed by atoms with Crippen LogP contribution in [0.15, 0.2) is 48.5 Å². The van der Waals surface area contributed by atoms with Gasteiger partial charge in [0, 0.05) is 11.8 Å². The number of ether oxygens (including phenoxy) is 2. The first kappa shape index (κ1) is 20.8. The van der Waals surface area contributed by atoms with Crippen molar-refractivity contribution >= 4 is 11.6 Å². The predicted octanol–water partition coefficient (Wildman–Crippen LogP) is 5.57. The second-order valence-electron chi connectivity index (χ2n) is 7.46. The van der Waals surface area contributed by atoms with Crippen LogP contribution >= 0.6 is 0 Å². The van der Waals surface area contributed by atoms with E-state index >= 15 is 0 Å². The van der Waals surface area contributed by atoms with E-state index in [4.69, 9.17) is 9.47 Å². The summed E-state index contributed by atoms with van der Waals surface area (Å²) >= 11 is 0. The molecule has 0 heterocycles. The summed E-state index contributed by atoms with van der Waals surface area (Å²) in [5.74, 6) is 1.24. The Balaban J connectivity index is 1.88. The quantitative estimate of drug-likeness (QED) is 0.629. The Morgan fingerprint density at radius 3 is 2.41 bits per heavy atom. The Morgan fingerprint density at radius 2 is 1.78 bits per heavy atom. The first-order chi connectivity index (χ1) is 12.8. The summed E-state index contributed by atoms with van der Waals surface area (Å²) < 4.78 is 11.4. The molecule has 0 spiro atoms. The molecule has 4 nitrogen and oxygen atoms in total. The largest absolute Gasteiger partial charge is 0.491 e. The molecule has 0 aliphatic heterocycles. The summed E-state index contributed by atoms with van der Waals surface area (Å²) in [6, 6.07) is 15.4. The number of hydrogen-bond acceptors (Lipinski definition) is 3. The van der Waals surface area contributed by atoms with Gasteiger partial charge in [0.05, 0.1) is 6.10 Å². The van der Waals surface area contributed by atoms with Crippen molar-refractivity contribution in [1.29, 1.82) is 0 Å². The lowest BCUT2D eigenvalue weighted by Crippen LogP contribution is -2.20. The van der Waals surface area contributed by atoms with Gasteiger partial charge in [-0.15, -0.1) is 0 Å². The van der Waals surface area contributed by atoms with Crippen LogP contribution in [-0.4, -0.2) is 18.6 Å². The van der Waals surface area contributed by atoms with Crippen molar-refractivity contribution in [2.24, 2.45) is 0 Å². The molecular weight excluding hydrogens is 338 g/mol. The van der Waals surface area contributed by atoms with Crippen LogP contribution in [0, 0.1) is 0 Å². The molecule has 4 heteroatoms. The Kier molecular flexibility index (Phi) is 7.28. The van der Waals surface area contributed by atoms with E-state index in [1.807, 2.05) is 43.3 Å². The van der Waals surface area contributed by atoms with Crippen LogP contribution in [0.2, 0.25) is 0 Å². The van der Waals surface area contributed by atoms with Gasteiger partial charge < -0.3 is 14.8 Å². The maximum absolute atomic E-state index is 12.2. The lowest BCUT2D eigenvalue weighted by molar-refractivity contribution is -0.118. The van der Waals surface area contributed by atoms with Gasteiger partial charge >= 0.3 is 0 Å². The number of hydrogen-bond donors (Lipinski definition) is 1. The highest BCUT2D eigenvalue weighted by molar-refractivity contribution is 5.92. The molecule has 1 unspecified atom stereocenters. The van der Waals surface area contributed by atoms with E-state index in [0.29, 0.717) is 11.4 Å². The second-order valence-corrected chi connectivity index (χ2v) is 7.46. The molecule has 0 bridgehead atoms. The molecule has 1 amide bonds. The zero-order valence-corrected chi connectivity index (χ0v) is 17.0. The first-order valence-electron chi connectivity index (χ1n) is 9.64. The van der Waals surface area contributed by atoms with Gasteiger partial charge in [-0.3, -0.25) is 4.79 Å². The number of nitrogens with one attached hydrogen (secondary N) is 1. The molecule has 1 N–H and O–H groups in total. The molecule has 0 fully saturated rings. The molecule has 146 valence electrons. The smallest absolute Gasteiger partial charge is 0.262 e. The fourth-order valence-corrected chi connectivity index (χ4v) is 2.52. The SMILES string of the molecule is CCC(C)Oc1cccc(NC(=O)COc2ccc(C(C)(C)CC)cc2)c1. The standard InChI is InChI=1S/C23H31NO3/c1-6-17(3)27-21-10-8-9-19(15-21)24-22(25)16-26-20-13-11-18(12-14-20)23(4,5)7-2/h8-15,17H,6-7,16H2,1-5H3,(H,24,25). The Labute approximate surface area is 162 Å². The maximum atomic E-state index is 12.2. The van der Waals surface area contributed by atoms with E-state index in [-0.39, 0.29) is 24.0 Å². The minimum atomic E-state index is -0.200. The van der Waals surface area contributed by atoms with Crippen molar-refractivity contribution in [2.75, 3.05) is 11.9 Å². The average Bonchev–Trinajstić information content (AvgIpc) is 2.67. The molecule has 0 aliphatic carbocycles. The van der Waals surface area contributed by atoms with Crippen molar-refractivity contribution in [1.82, 2.24) is 0 Å². The molecular formula is C23H31NO3. The van der Waals surface area contributed by atoms with E-state index in [2.05, 4.69) is 45.1 Å². The highest BCUT2D eigenvalue weighted by Crippen LogP contribution is 2.28. The van der Waals surface area contributed by atoms with Crippen LogP contribution in [0.1, 0.15) is 53.0 Å². The molecule has 0 radical (unpaired) electrons. The summed E-state index contributed by atoms with van der Waals surface area (Å²) in [7, 11) is 0. The average molecular weight is 370 g/mol. The van der Waals surface area contributed by atoms with Crippen LogP contribution in [0.5, 0.6) is 11.5 Å². The lowest BCUT2D eigenvalue weighted by Gasteiger charge is -2.23. The minimum Gasteiger partial charge on any atom is -0.491 e. The molecule has 0 saturated carbocycles. The van der Waals surface area contributed by atoms with E-state index in [1.54, 1.807) is 0 Å². The van der Waals surface area contributed by atoms with Gasteiger partial charge in [-0.05, 0) is 55.0 Å². The fourth-order valence-electron chi connectivity index (χ4n) is 2.52. The number of carbonyl (C=O) groups excluding carboxylic acids is 1. The second kappa shape index (κ2) is 9.45. The molecule has 0 saturated heterocycles. The molecule has 2 aromatic rings. The third-order valence-corrected chi connectivity index (χ3v) is 4.92. The zero-order valence-electron chi connectivity index (χ0n) is 17.0. The summed E-state index contributed by atoms with van der Waals surface area (Å²) in [6.45, 7) is 10.7. The number of rotatable bonds is 9. The van der Waals surface area contributed by atoms with Gasteiger partial charge in [-0.2, -0.15) is 0 Å². The molecule has 0 aliphatic rings. The van der Waals surface area contributed by atoms with E-state index in [9.17, 15) is 4.79 Å². The molecule has 0 aromatic heterocycles. The number of carbonyl (C=O) groups is 1. The van der Waals surface area contributed by atoms with E-state index < -0.39 is 0 Å². The molecule has 27 heavy (non-hydrogen) atoms. The van der Waals surface area contributed by atoms with Gasteiger partial charge in [-0.1, -0.05) is 45.9 Å². The van der Waals surface area contributed by atoms with Gasteiger partial charge in [0.25, 0.3) is 5.91 Å². The van der Waals surface area contributed by atoms with Gasteiger partial charge in [0.15, 0.2) is 6.61 Å². The van der Waals surface area contributed by atoms with Crippen molar-refractivity contribution in [3.05, 3.63) is 54.1 Å². The summed E-state index contributed by atoms with van der Waals surface area (Å²) in [4.78, 5) is 12.2. The zero-order chi connectivity index (χ0) is 19.9. The highest BCUT2D eigenvalue weighted by atomic mass is 16.5. The Morgan fingerprint density at radius 1 is 1.07 bits per heavy atom. The number of benzene rings is 2. The Hall–Kier alpha value is -2.49. The van der Waals surface area contributed by atoms with Gasteiger partial charge in [0.2, 0.25) is 0 Å². The van der Waals surface area contributed by atoms with E-state index in [0.717, 1.165) is 18.6 Å². The number of amides is 1. The van der Waals surface area contributed by atoms with Gasteiger partial charge in [0.1, 0.15) is 11.5 Å². The Bertz CT molecular complexity index is 738. The van der Waals surface area contributed by atoms with Crippen LogP contribution in [0.4, 0.5) is 5.69 Å². The normalized spacial score (nSPS) is 12.3. The monoisotopic (exact) mass is 369 g/mol. The maximum Gasteiger partial charge on any atom is 0.262 e. The van der Waals surface area contributed by atoms with Crippen molar-refractivity contribution < 1.29 is 14.3 Å². The van der Waals surface area contributed by atoms with Crippen LogP contribution < -0.4 is 14.8 Å². The topological polar surface area (TPSA) is 47.6 Å². The third kappa shape index (κ3) is 6.31. The van der Waals surface area contributed by atoms with Crippen LogP contribution in [0.3, 0.4) is 0 Å². The highest BCUT2D eigenvalue weighted by Gasteiger charge is 2.17. The van der Waals surface area contributed by atoms with Crippen LogP contribution in [0.25, 0.3) is 0 Å². The van der Waals surface area contributed by atoms with Crippen molar-refractivity contribution in [2.45, 2.75) is 59.0 Å². The van der Waals surface area contributed by atoms with E-state index in [1.165, 1.54) is 5.56 Å². The minimum absolute atomic E-state index is 0.0348. The third-order valence-electron chi connectivity index (χ3n) is 4.92. The fraction of sp³-hybridized carbons (Fsp3) is 0.435. The lowest BCUT2D eigenvalue weighted by atomic mass is 9.82.